The number of aromatic carboxylic acids is 1. The van der Waals surface area contributed by atoms with Crippen LogP contribution in [-0.2, 0) is 13.0 Å². The topological polar surface area (TPSA) is 114 Å². The van der Waals surface area contributed by atoms with E-state index in [1.807, 2.05) is 4.90 Å². The highest BCUT2D eigenvalue weighted by molar-refractivity contribution is 5.93. The first-order chi connectivity index (χ1) is 13.9. The molecule has 3 N–H and O–H groups in total. The summed E-state index contributed by atoms with van der Waals surface area (Å²) < 4.78 is 16.8. The summed E-state index contributed by atoms with van der Waals surface area (Å²) in [7, 11) is 0. The number of hydrogen-bond donors (Lipinski definition) is 2. The minimum Gasteiger partial charge on any atom is -0.477 e. The lowest BCUT2D eigenvalue weighted by Gasteiger charge is -2.30. The van der Waals surface area contributed by atoms with Crippen molar-refractivity contribution in [2.45, 2.75) is 31.8 Å². The molecule has 0 atom stereocenters. The van der Waals surface area contributed by atoms with Gasteiger partial charge in [0, 0.05) is 48.9 Å². The standard InChI is InChI=1S/C20H18FN5O3/c21-14-5-12-16(26(11-1-2-11)9-13(18(12)27)19(28)29)6-17(14)25-4-3-15-10(8-25)7-23-20(22)24-15/h5-7,9,11H,1-4,8H2,(H,28,29)(H2,22,23,24). The van der Waals surface area contributed by atoms with E-state index in [0.29, 0.717) is 30.7 Å². The van der Waals surface area contributed by atoms with Crippen molar-refractivity contribution in [2.75, 3.05) is 17.2 Å². The molecule has 0 spiro atoms. The van der Waals surface area contributed by atoms with E-state index in [4.69, 9.17) is 5.73 Å². The van der Waals surface area contributed by atoms with Crippen LogP contribution in [0.25, 0.3) is 10.9 Å². The van der Waals surface area contributed by atoms with E-state index < -0.39 is 17.2 Å². The fraction of sp³-hybridized carbons (Fsp3) is 0.300. The SMILES string of the molecule is Nc1ncc2c(n1)CCN(c1cc3c(cc1F)c(=O)c(C(=O)O)cn3C1CC1)C2. The van der Waals surface area contributed by atoms with Gasteiger partial charge in [0.2, 0.25) is 11.4 Å². The first-order valence-corrected chi connectivity index (χ1v) is 9.39. The van der Waals surface area contributed by atoms with Gasteiger partial charge in [0.05, 0.1) is 16.9 Å². The van der Waals surface area contributed by atoms with E-state index in [9.17, 15) is 14.7 Å². The van der Waals surface area contributed by atoms with Gasteiger partial charge in [-0.05, 0) is 25.0 Å². The average Bonchev–Trinajstić information content (AvgIpc) is 3.53. The second-order valence-corrected chi connectivity index (χ2v) is 7.51. The van der Waals surface area contributed by atoms with E-state index in [1.165, 1.54) is 6.20 Å². The van der Waals surface area contributed by atoms with Gasteiger partial charge in [-0.3, -0.25) is 4.79 Å². The molecule has 2 aliphatic rings. The van der Waals surface area contributed by atoms with Crippen molar-refractivity contribution >= 4 is 28.5 Å². The number of rotatable bonds is 3. The molecule has 148 valence electrons. The number of carbonyl (C=O) groups is 1. The molecule has 1 aromatic carbocycles. The van der Waals surface area contributed by atoms with Crippen molar-refractivity contribution in [3.8, 4) is 0 Å². The first-order valence-electron chi connectivity index (χ1n) is 9.39. The molecule has 1 aliphatic heterocycles. The Balaban J connectivity index is 1.64. The summed E-state index contributed by atoms with van der Waals surface area (Å²) in [5.41, 5.74) is 7.31. The number of anilines is 2. The Morgan fingerprint density at radius 1 is 1.31 bits per heavy atom. The minimum atomic E-state index is -1.30. The first kappa shape index (κ1) is 17.6. The summed E-state index contributed by atoms with van der Waals surface area (Å²) in [6.45, 7) is 0.978. The highest BCUT2D eigenvalue weighted by Gasteiger charge is 2.28. The van der Waals surface area contributed by atoms with Crippen molar-refractivity contribution < 1.29 is 14.3 Å². The Kier molecular flexibility index (Phi) is 3.80. The van der Waals surface area contributed by atoms with Gasteiger partial charge in [-0.2, -0.15) is 0 Å². The maximum atomic E-state index is 15.0. The van der Waals surface area contributed by atoms with Crippen molar-refractivity contribution in [3.63, 3.8) is 0 Å². The van der Waals surface area contributed by atoms with Crippen LogP contribution in [0.4, 0.5) is 16.0 Å². The Hall–Kier alpha value is -3.49. The molecule has 0 radical (unpaired) electrons. The molecule has 5 rings (SSSR count). The molecule has 0 unspecified atom stereocenters. The fourth-order valence-corrected chi connectivity index (χ4v) is 3.95. The van der Waals surface area contributed by atoms with Crippen molar-refractivity contribution in [1.29, 1.82) is 0 Å². The summed E-state index contributed by atoms with van der Waals surface area (Å²) in [6, 6.07) is 2.94. The molecular weight excluding hydrogens is 377 g/mol. The number of fused-ring (bicyclic) bond motifs is 2. The second-order valence-electron chi connectivity index (χ2n) is 7.51. The Morgan fingerprint density at radius 3 is 2.83 bits per heavy atom. The molecule has 9 heteroatoms. The number of benzene rings is 1. The lowest BCUT2D eigenvalue weighted by molar-refractivity contribution is 0.0695. The van der Waals surface area contributed by atoms with Crippen LogP contribution in [0.15, 0.2) is 29.3 Å². The fourth-order valence-electron chi connectivity index (χ4n) is 3.95. The normalized spacial score (nSPS) is 16.1. The Labute approximate surface area is 164 Å². The molecule has 0 amide bonds. The number of carboxylic acid groups (broad SMARTS) is 1. The second kappa shape index (κ2) is 6.26. The third-order valence-electron chi connectivity index (χ3n) is 5.56. The maximum absolute atomic E-state index is 15.0. The van der Waals surface area contributed by atoms with Gasteiger partial charge in [-0.1, -0.05) is 0 Å². The zero-order valence-corrected chi connectivity index (χ0v) is 15.4. The highest BCUT2D eigenvalue weighted by atomic mass is 19.1. The quantitative estimate of drug-likeness (QED) is 0.698. The number of pyridine rings is 1. The van der Waals surface area contributed by atoms with Crippen LogP contribution >= 0.6 is 0 Å². The van der Waals surface area contributed by atoms with Gasteiger partial charge < -0.3 is 20.3 Å². The van der Waals surface area contributed by atoms with Crippen LogP contribution in [-0.4, -0.2) is 32.2 Å². The van der Waals surface area contributed by atoms with E-state index >= 15 is 4.39 Å². The molecule has 1 saturated carbocycles. The van der Waals surface area contributed by atoms with E-state index in [2.05, 4.69) is 9.97 Å². The number of nitrogens with two attached hydrogens (primary N) is 1. The van der Waals surface area contributed by atoms with Gasteiger partial charge in [-0.15, -0.1) is 0 Å². The van der Waals surface area contributed by atoms with E-state index in [0.717, 1.165) is 30.2 Å². The zero-order valence-electron chi connectivity index (χ0n) is 15.4. The van der Waals surface area contributed by atoms with E-state index in [1.54, 1.807) is 16.8 Å². The molecule has 3 heterocycles. The molecular formula is C20H18FN5O3. The molecule has 2 aromatic heterocycles. The van der Waals surface area contributed by atoms with Gasteiger partial charge >= 0.3 is 5.97 Å². The molecule has 1 fully saturated rings. The van der Waals surface area contributed by atoms with Crippen LogP contribution in [0.2, 0.25) is 0 Å². The summed E-state index contributed by atoms with van der Waals surface area (Å²) in [5, 5.41) is 9.45. The smallest absolute Gasteiger partial charge is 0.341 e. The summed E-state index contributed by atoms with van der Waals surface area (Å²) in [6.07, 6.45) is 5.45. The molecule has 0 bridgehead atoms. The molecule has 0 saturated heterocycles. The van der Waals surface area contributed by atoms with Gasteiger partial charge in [0.15, 0.2) is 0 Å². The van der Waals surface area contributed by atoms with Crippen LogP contribution in [0, 0.1) is 5.82 Å². The largest absolute Gasteiger partial charge is 0.477 e. The zero-order chi connectivity index (χ0) is 20.3. The number of carboxylic acids is 1. The summed E-state index contributed by atoms with van der Waals surface area (Å²) in [4.78, 5) is 34.2. The Morgan fingerprint density at radius 2 is 2.10 bits per heavy atom. The van der Waals surface area contributed by atoms with Gasteiger partial charge in [0.25, 0.3) is 0 Å². The van der Waals surface area contributed by atoms with Crippen molar-refractivity contribution in [3.05, 3.63) is 57.4 Å². The lowest BCUT2D eigenvalue weighted by atomic mass is 10.0. The Bertz CT molecular complexity index is 1230. The number of hydrogen-bond acceptors (Lipinski definition) is 6. The van der Waals surface area contributed by atoms with Crippen molar-refractivity contribution in [2.24, 2.45) is 0 Å². The minimum absolute atomic E-state index is 0.0894. The van der Waals surface area contributed by atoms with E-state index in [-0.39, 0.29) is 22.9 Å². The molecule has 1 aliphatic carbocycles. The van der Waals surface area contributed by atoms with Crippen LogP contribution < -0.4 is 16.1 Å². The number of nitrogens with zero attached hydrogens (tertiary/aromatic N) is 4. The lowest BCUT2D eigenvalue weighted by Crippen LogP contribution is -2.32. The average molecular weight is 395 g/mol. The van der Waals surface area contributed by atoms with Crippen LogP contribution in [0.1, 0.15) is 40.5 Å². The van der Waals surface area contributed by atoms with Crippen LogP contribution in [0.3, 0.4) is 0 Å². The predicted molar refractivity (Wildman–Crippen MR) is 105 cm³/mol. The molecule has 29 heavy (non-hydrogen) atoms. The van der Waals surface area contributed by atoms with Crippen molar-refractivity contribution in [1.82, 2.24) is 14.5 Å². The monoisotopic (exact) mass is 395 g/mol. The predicted octanol–water partition coefficient (Wildman–Crippen LogP) is 2.11. The van der Waals surface area contributed by atoms with Crippen LogP contribution in [0.5, 0.6) is 0 Å². The molecule has 8 nitrogen and oxygen atoms in total. The third kappa shape index (κ3) is 2.89. The maximum Gasteiger partial charge on any atom is 0.341 e. The highest BCUT2D eigenvalue weighted by Crippen LogP contribution is 2.38. The van der Waals surface area contributed by atoms with Gasteiger partial charge in [0.1, 0.15) is 11.4 Å². The number of nitrogen functional groups attached to an aromatic ring is 1. The number of halogens is 1. The molecule has 3 aromatic rings. The third-order valence-corrected chi connectivity index (χ3v) is 5.56. The number of aromatic nitrogens is 3. The summed E-state index contributed by atoms with van der Waals surface area (Å²) >= 11 is 0. The van der Waals surface area contributed by atoms with Gasteiger partial charge in [-0.25, -0.2) is 19.2 Å². The summed E-state index contributed by atoms with van der Waals surface area (Å²) in [5.74, 6) is -1.64.